The van der Waals surface area contributed by atoms with Crippen molar-refractivity contribution in [3.8, 4) is 11.8 Å². The minimum atomic E-state index is -0.394. The van der Waals surface area contributed by atoms with Gasteiger partial charge in [-0.1, -0.05) is 18.1 Å². The molecule has 78 valence electrons. The van der Waals surface area contributed by atoms with Crippen LogP contribution in [-0.2, 0) is 0 Å². The van der Waals surface area contributed by atoms with Crippen LogP contribution in [0.25, 0.3) is 0 Å². The predicted molar refractivity (Wildman–Crippen MR) is 59.8 cm³/mol. The Kier molecular flexibility index (Phi) is 3.69. The van der Waals surface area contributed by atoms with Crippen LogP contribution in [0.15, 0.2) is 18.2 Å². The monoisotopic (exact) mass is 204 g/mol. The maximum atomic E-state index is 10.7. The van der Waals surface area contributed by atoms with Gasteiger partial charge < -0.3 is 5.32 Å². The molecule has 0 aliphatic carbocycles. The molecule has 0 amide bonds. The van der Waals surface area contributed by atoms with Crippen LogP contribution in [0, 0.1) is 28.9 Å². The van der Waals surface area contributed by atoms with Crippen molar-refractivity contribution in [1.29, 1.82) is 0 Å². The normalized spacial score (nSPS) is 8.93. The van der Waals surface area contributed by atoms with Crippen LogP contribution in [0.4, 0.5) is 11.4 Å². The van der Waals surface area contributed by atoms with E-state index in [9.17, 15) is 10.1 Å². The highest BCUT2D eigenvalue weighted by Gasteiger charge is 2.13. The van der Waals surface area contributed by atoms with E-state index >= 15 is 0 Å². The number of rotatable bonds is 3. The third-order valence-electron chi connectivity index (χ3n) is 1.98. The molecule has 0 aliphatic heterocycles. The number of anilines is 1. The molecule has 1 aromatic rings. The van der Waals surface area contributed by atoms with E-state index in [1.165, 1.54) is 6.07 Å². The summed E-state index contributed by atoms with van der Waals surface area (Å²) in [4.78, 5) is 10.3. The Labute approximate surface area is 88.5 Å². The Morgan fingerprint density at radius 3 is 2.87 bits per heavy atom. The SMILES string of the molecule is CC#CCNc1c(C)cccc1[N+](=O)[O-]. The molecule has 0 bridgehead atoms. The van der Waals surface area contributed by atoms with Crippen molar-refractivity contribution in [2.75, 3.05) is 11.9 Å². The fraction of sp³-hybridized carbons (Fsp3) is 0.273. The molecular formula is C11H12N2O2. The number of nitrogens with zero attached hydrogens (tertiary/aromatic N) is 1. The quantitative estimate of drug-likeness (QED) is 0.467. The zero-order valence-corrected chi connectivity index (χ0v) is 8.70. The highest BCUT2D eigenvalue weighted by molar-refractivity contribution is 5.66. The summed E-state index contributed by atoms with van der Waals surface area (Å²) in [5.41, 5.74) is 1.49. The molecule has 1 aromatic carbocycles. The fourth-order valence-corrected chi connectivity index (χ4v) is 1.26. The van der Waals surface area contributed by atoms with Crippen LogP contribution in [-0.4, -0.2) is 11.5 Å². The number of hydrogen-bond donors (Lipinski definition) is 1. The van der Waals surface area contributed by atoms with Gasteiger partial charge in [-0.3, -0.25) is 10.1 Å². The lowest BCUT2D eigenvalue weighted by molar-refractivity contribution is -0.384. The Hall–Kier alpha value is -2.02. The zero-order chi connectivity index (χ0) is 11.3. The molecule has 1 rings (SSSR count). The van der Waals surface area contributed by atoms with Crippen molar-refractivity contribution in [2.24, 2.45) is 0 Å². The lowest BCUT2D eigenvalue weighted by Crippen LogP contribution is -2.04. The van der Waals surface area contributed by atoms with Gasteiger partial charge in [0.25, 0.3) is 5.69 Å². The first kappa shape index (κ1) is 11.1. The van der Waals surface area contributed by atoms with Crippen molar-refractivity contribution >= 4 is 11.4 Å². The summed E-state index contributed by atoms with van der Waals surface area (Å²) >= 11 is 0. The maximum absolute atomic E-state index is 10.7. The summed E-state index contributed by atoms with van der Waals surface area (Å²) in [6, 6.07) is 4.98. The first-order valence-corrected chi connectivity index (χ1v) is 4.54. The van der Waals surface area contributed by atoms with Crippen LogP contribution in [0.2, 0.25) is 0 Å². The number of nitro benzene ring substituents is 1. The first-order chi connectivity index (χ1) is 7.16. The van der Waals surface area contributed by atoms with Crippen molar-refractivity contribution in [1.82, 2.24) is 0 Å². The van der Waals surface area contributed by atoms with Crippen LogP contribution < -0.4 is 5.32 Å². The van der Waals surface area contributed by atoms with E-state index < -0.39 is 4.92 Å². The van der Waals surface area contributed by atoms with Gasteiger partial charge in [0, 0.05) is 6.07 Å². The van der Waals surface area contributed by atoms with Gasteiger partial charge in [0.2, 0.25) is 0 Å². The smallest absolute Gasteiger partial charge is 0.292 e. The van der Waals surface area contributed by atoms with Gasteiger partial charge >= 0.3 is 0 Å². The van der Waals surface area contributed by atoms with Gasteiger partial charge in [-0.25, -0.2) is 0 Å². The van der Waals surface area contributed by atoms with Gasteiger partial charge in [-0.2, -0.15) is 0 Å². The predicted octanol–water partition coefficient (Wildman–Crippen LogP) is 2.34. The molecule has 0 aliphatic rings. The Balaban J connectivity index is 3.00. The molecule has 0 saturated carbocycles. The second-order valence-corrected chi connectivity index (χ2v) is 3.01. The van der Waals surface area contributed by atoms with Gasteiger partial charge in [-0.05, 0) is 19.4 Å². The minimum Gasteiger partial charge on any atom is -0.368 e. The summed E-state index contributed by atoms with van der Waals surface area (Å²) < 4.78 is 0. The average molecular weight is 204 g/mol. The molecular weight excluding hydrogens is 192 g/mol. The van der Waals surface area contributed by atoms with Crippen molar-refractivity contribution < 1.29 is 4.92 Å². The Morgan fingerprint density at radius 1 is 1.53 bits per heavy atom. The summed E-state index contributed by atoms with van der Waals surface area (Å²) in [7, 11) is 0. The highest BCUT2D eigenvalue weighted by atomic mass is 16.6. The van der Waals surface area contributed by atoms with E-state index in [-0.39, 0.29) is 5.69 Å². The average Bonchev–Trinajstić information content (AvgIpc) is 2.20. The second-order valence-electron chi connectivity index (χ2n) is 3.01. The molecule has 0 unspecified atom stereocenters. The number of hydrogen-bond acceptors (Lipinski definition) is 3. The Bertz CT molecular complexity index is 430. The number of nitrogens with one attached hydrogen (secondary N) is 1. The molecule has 4 nitrogen and oxygen atoms in total. The molecule has 1 N–H and O–H groups in total. The second kappa shape index (κ2) is 5.01. The van der Waals surface area contributed by atoms with Gasteiger partial charge in [0.05, 0.1) is 11.5 Å². The summed E-state index contributed by atoms with van der Waals surface area (Å²) in [5.74, 6) is 5.53. The van der Waals surface area contributed by atoms with E-state index in [0.29, 0.717) is 12.2 Å². The Morgan fingerprint density at radius 2 is 2.27 bits per heavy atom. The van der Waals surface area contributed by atoms with Crippen LogP contribution in [0.1, 0.15) is 12.5 Å². The lowest BCUT2D eigenvalue weighted by Gasteiger charge is -2.06. The molecule has 4 heteroatoms. The maximum Gasteiger partial charge on any atom is 0.292 e. The van der Waals surface area contributed by atoms with E-state index in [1.54, 1.807) is 13.0 Å². The van der Waals surface area contributed by atoms with E-state index in [1.807, 2.05) is 13.0 Å². The molecule has 0 saturated heterocycles. The van der Waals surface area contributed by atoms with Crippen LogP contribution >= 0.6 is 0 Å². The van der Waals surface area contributed by atoms with Crippen molar-refractivity contribution in [3.05, 3.63) is 33.9 Å². The summed E-state index contributed by atoms with van der Waals surface area (Å²) in [6.07, 6.45) is 0. The minimum absolute atomic E-state index is 0.0907. The van der Waals surface area contributed by atoms with Crippen LogP contribution in [0.3, 0.4) is 0 Å². The molecule has 0 fully saturated rings. The summed E-state index contributed by atoms with van der Waals surface area (Å²) in [5, 5.41) is 13.7. The topological polar surface area (TPSA) is 55.2 Å². The van der Waals surface area contributed by atoms with Gasteiger partial charge in [0.1, 0.15) is 5.69 Å². The van der Waals surface area contributed by atoms with Gasteiger partial charge in [0.15, 0.2) is 0 Å². The van der Waals surface area contributed by atoms with Crippen molar-refractivity contribution in [3.63, 3.8) is 0 Å². The molecule has 0 spiro atoms. The first-order valence-electron chi connectivity index (χ1n) is 4.54. The zero-order valence-electron chi connectivity index (χ0n) is 8.70. The van der Waals surface area contributed by atoms with E-state index in [0.717, 1.165) is 5.56 Å². The third kappa shape index (κ3) is 2.71. The number of nitro groups is 1. The number of para-hydroxylation sites is 1. The molecule has 0 radical (unpaired) electrons. The molecule has 15 heavy (non-hydrogen) atoms. The molecule has 0 aromatic heterocycles. The third-order valence-corrected chi connectivity index (χ3v) is 1.98. The van der Waals surface area contributed by atoms with Gasteiger partial charge in [-0.15, -0.1) is 5.92 Å². The number of benzene rings is 1. The number of aryl methyl sites for hydroxylation is 1. The van der Waals surface area contributed by atoms with E-state index in [4.69, 9.17) is 0 Å². The van der Waals surface area contributed by atoms with E-state index in [2.05, 4.69) is 17.2 Å². The molecule has 0 atom stereocenters. The summed E-state index contributed by atoms with van der Waals surface area (Å²) in [6.45, 7) is 3.98. The fourth-order valence-electron chi connectivity index (χ4n) is 1.26. The standard InChI is InChI=1S/C11H12N2O2/c1-3-4-8-12-11-9(2)6-5-7-10(11)13(14)15/h5-7,12H,8H2,1-2H3. The van der Waals surface area contributed by atoms with Crippen molar-refractivity contribution in [2.45, 2.75) is 13.8 Å². The van der Waals surface area contributed by atoms with Crippen LogP contribution in [0.5, 0.6) is 0 Å². The largest absolute Gasteiger partial charge is 0.368 e. The molecule has 0 heterocycles. The highest BCUT2D eigenvalue weighted by Crippen LogP contribution is 2.27. The lowest BCUT2D eigenvalue weighted by atomic mass is 10.1.